The Hall–Kier alpha value is -0.870. The van der Waals surface area contributed by atoms with Gasteiger partial charge < -0.3 is 0 Å². The van der Waals surface area contributed by atoms with Crippen LogP contribution in [0.2, 0.25) is 0 Å². The fourth-order valence-electron chi connectivity index (χ4n) is 2.37. The molecule has 0 aliphatic heterocycles. The van der Waals surface area contributed by atoms with Gasteiger partial charge in [0.25, 0.3) is 0 Å². The second-order valence-electron chi connectivity index (χ2n) is 5.67. The van der Waals surface area contributed by atoms with Crippen molar-refractivity contribution < 1.29 is 22.8 Å². The van der Waals surface area contributed by atoms with Crippen LogP contribution in [0, 0.1) is 17.3 Å². The summed E-state index contributed by atoms with van der Waals surface area (Å²) in [4.78, 5) is 23.1. The molecule has 0 saturated heterocycles. The number of rotatable bonds is 1. The molecule has 17 heavy (non-hydrogen) atoms. The summed E-state index contributed by atoms with van der Waals surface area (Å²) in [6.07, 6.45) is -3.80. The second-order valence-corrected chi connectivity index (χ2v) is 5.67. The lowest BCUT2D eigenvalue weighted by Gasteiger charge is -2.35. The highest BCUT2D eigenvalue weighted by atomic mass is 19.4. The van der Waals surface area contributed by atoms with Crippen LogP contribution in [0.25, 0.3) is 0 Å². The van der Waals surface area contributed by atoms with Gasteiger partial charge in [-0.1, -0.05) is 27.2 Å². The third kappa shape index (κ3) is 3.07. The summed E-state index contributed by atoms with van der Waals surface area (Å²) in [6.45, 7) is 5.45. The second kappa shape index (κ2) is 4.42. The van der Waals surface area contributed by atoms with Crippen molar-refractivity contribution in [1.82, 2.24) is 0 Å². The van der Waals surface area contributed by atoms with Gasteiger partial charge in [0.1, 0.15) is 5.78 Å². The van der Waals surface area contributed by atoms with Crippen LogP contribution >= 0.6 is 0 Å². The molecule has 98 valence electrons. The number of ketones is 2. The van der Waals surface area contributed by atoms with Crippen molar-refractivity contribution >= 4 is 11.6 Å². The standard InChI is InChI=1S/C12H17F3O2/c1-11(2,3)8-6-4-5-7(9(8)16)10(17)12(13,14)15/h7-8H,4-6H2,1-3H3. The molecule has 1 saturated carbocycles. The van der Waals surface area contributed by atoms with Gasteiger partial charge in [0, 0.05) is 5.92 Å². The summed E-state index contributed by atoms with van der Waals surface area (Å²) in [6, 6.07) is 0. The van der Waals surface area contributed by atoms with Gasteiger partial charge in [-0.25, -0.2) is 0 Å². The van der Waals surface area contributed by atoms with Gasteiger partial charge in [0.15, 0.2) is 0 Å². The highest BCUT2D eigenvalue weighted by molar-refractivity contribution is 6.06. The van der Waals surface area contributed by atoms with Crippen molar-refractivity contribution in [2.24, 2.45) is 17.3 Å². The number of halogens is 3. The Morgan fingerprint density at radius 3 is 2.12 bits per heavy atom. The Balaban J connectivity index is 2.90. The molecule has 0 aromatic rings. The van der Waals surface area contributed by atoms with Crippen molar-refractivity contribution in [3.63, 3.8) is 0 Å². The third-order valence-corrected chi connectivity index (χ3v) is 3.31. The summed E-state index contributed by atoms with van der Waals surface area (Å²) >= 11 is 0. The fourth-order valence-corrected chi connectivity index (χ4v) is 2.37. The van der Waals surface area contributed by atoms with E-state index in [1.807, 2.05) is 20.8 Å². The first kappa shape index (κ1) is 14.2. The molecule has 0 spiro atoms. The molecule has 0 heterocycles. The molecule has 0 aromatic carbocycles. The van der Waals surface area contributed by atoms with Crippen LogP contribution in [0.15, 0.2) is 0 Å². The third-order valence-electron chi connectivity index (χ3n) is 3.31. The Morgan fingerprint density at radius 1 is 1.18 bits per heavy atom. The van der Waals surface area contributed by atoms with Crippen molar-refractivity contribution in [3.05, 3.63) is 0 Å². The summed E-state index contributed by atoms with van der Waals surface area (Å²) < 4.78 is 37.0. The average Bonchev–Trinajstić information content (AvgIpc) is 2.13. The molecule has 2 nitrogen and oxygen atoms in total. The minimum Gasteiger partial charge on any atom is -0.299 e. The highest BCUT2D eigenvalue weighted by Gasteiger charge is 2.50. The normalized spacial score (nSPS) is 27.1. The molecule has 2 atom stereocenters. The van der Waals surface area contributed by atoms with Crippen LogP contribution in [-0.2, 0) is 9.59 Å². The topological polar surface area (TPSA) is 34.1 Å². The van der Waals surface area contributed by atoms with Crippen LogP contribution in [0.4, 0.5) is 13.2 Å². The minimum atomic E-state index is -4.90. The molecule has 2 unspecified atom stereocenters. The van der Waals surface area contributed by atoms with Crippen LogP contribution in [0.3, 0.4) is 0 Å². The van der Waals surface area contributed by atoms with E-state index in [4.69, 9.17) is 0 Å². The number of carbonyl (C=O) groups is 2. The lowest BCUT2D eigenvalue weighted by atomic mass is 9.67. The van der Waals surface area contributed by atoms with E-state index in [1.54, 1.807) is 0 Å². The van der Waals surface area contributed by atoms with E-state index in [0.717, 1.165) is 0 Å². The smallest absolute Gasteiger partial charge is 0.299 e. The Morgan fingerprint density at radius 2 is 1.71 bits per heavy atom. The van der Waals surface area contributed by atoms with Crippen molar-refractivity contribution in [3.8, 4) is 0 Å². The quantitative estimate of drug-likeness (QED) is 0.670. The predicted octanol–water partition coefficient (Wildman–Crippen LogP) is 3.15. The molecule has 1 rings (SSSR count). The number of carbonyl (C=O) groups excluding carboxylic acids is 2. The molecular weight excluding hydrogens is 233 g/mol. The predicted molar refractivity (Wildman–Crippen MR) is 56.4 cm³/mol. The molecule has 5 heteroatoms. The SMILES string of the molecule is CC(C)(C)C1CCCC(C(=O)C(F)(F)F)C1=O. The number of alkyl halides is 3. The first-order valence-electron chi connectivity index (χ1n) is 5.70. The Kier molecular flexibility index (Phi) is 3.69. The maximum Gasteiger partial charge on any atom is 0.450 e. The molecule has 0 aromatic heterocycles. The van der Waals surface area contributed by atoms with Gasteiger partial charge in [0.2, 0.25) is 5.78 Å². The van der Waals surface area contributed by atoms with E-state index in [-0.39, 0.29) is 11.8 Å². The van der Waals surface area contributed by atoms with E-state index < -0.39 is 29.6 Å². The Labute approximate surface area is 98.6 Å². The zero-order chi connectivity index (χ0) is 13.4. The summed E-state index contributed by atoms with van der Waals surface area (Å²) in [7, 11) is 0. The molecule has 0 amide bonds. The van der Waals surface area contributed by atoms with Crippen LogP contribution in [0.1, 0.15) is 40.0 Å². The molecule has 0 N–H and O–H groups in total. The zero-order valence-electron chi connectivity index (χ0n) is 10.2. The van der Waals surface area contributed by atoms with Crippen LogP contribution < -0.4 is 0 Å². The number of Topliss-reactive ketones (excluding diaryl/α,β-unsaturated/α-hetero) is 2. The van der Waals surface area contributed by atoms with Gasteiger partial charge in [-0.15, -0.1) is 0 Å². The van der Waals surface area contributed by atoms with Crippen molar-refractivity contribution in [2.45, 2.75) is 46.2 Å². The molecular formula is C12H17F3O2. The van der Waals surface area contributed by atoms with E-state index in [1.165, 1.54) is 0 Å². The molecule has 0 bridgehead atoms. The summed E-state index contributed by atoms with van der Waals surface area (Å²) in [5.74, 6) is -4.34. The average molecular weight is 250 g/mol. The van der Waals surface area contributed by atoms with Gasteiger partial charge in [-0.05, 0) is 18.3 Å². The molecule has 0 radical (unpaired) electrons. The van der Waals surface area contributed by atoms with E-state index in [9.17, 15) is 22.8 Å². The minimum absolute atomic E-state index is 0.0315. The van der Waals surface area contributed by atoms with Crippen LogP contribution in [-0.4, -0.2) is 17.7 Å². The monoisotopic (exact) mass is 250 g/mol. The van der Waals surface area contributed by atoms with Gasteiger partial charge >= 0.3 is 6.18 Å². The molecule has 1 aliphatic carbocycles. The van der Waals surface area contributed by atoms with Gasteiger partial charge in [-0.3, -0.25) is 9.59 Å². The van der Waals surface area contributed by atoms with Crippen LogP contribution in [0.5, 0.6) is 0 Å². The first-order valence-corrected chi connectivity index (χ1v) is 5.70. The molecule has 1 aliphatic rings. The maximum absolute atomic E-state index is 12.3. The van der Waals surface area contributed by atoms with Gasteiger partial charge in [-0.2, -0.15) is 13.2 Å². The molecule has 1 fully saturated rings. The maximum atomic E-state index is 12.3. The first-order chi connectivity index (χ1) is 7.55. The summed E-state index contributed by atoms with van der Waals surface area (Å²) in [5.41, 5.74) is -0.387. The number of hydrogen-bond donors (Lipinski definition) is 0. The van der Waals surface area contributed by atoms with E-state index in [0.29, 0.717) is 12.8 Å². The largest absolute Gasteiger partial charge is 0.450 e. The number of hydrogen-bond acceptors (Lipinski definition) is 2. The van der Waals surface area contributed by atoms with Crippen molar-refractivity contribution in [2.75, 3.05) is 0 Å². The Bertz CT molecular complexity index is 326. The zero-order valence-corrected chi connectivity index (χ0v) is 10.2. The lowest BCUT2D eigenvalue weighted by Crippen LogP contribution is -2.44. The lowest BCUT2D eigenvalue weighted by molar-refractivity contribution is -0.178. The fraction of sp³-hybridized carbons (Fsp3) is 0.833. The van der Waals surface area contributed by atoms with E-state index >= 15 is 0 Å². The van der Waals surface area contributed by atoms with E-state index in [2.05, 4.69) is 0 Å². The summed E-state index contributed by atoms with van der Waals surface area (Å²) in [5, 5.41) is 0. The highest BCUT2D eigenvalue weighted by Crippen LogP contribution is 2.39. The van der Waals surface area contributed by atoms with Crippen molar-refractivity contribution in [1.29, 1.82) is 0 Å². The van der Waals surface area contributed by atoms with Gasteiger partial charge in [0.05, 0.1) is 5.92 Å².